The smallest absolute Gasteiger partial charge is 0.272 e. The van der Waals surface area contributed by atoms with Crippen LogP contribution in [0, 0.1) is 0 Å². The molecule has 0 saturated heterocycles. The Balaban J connectivity index is 1.87. The van der Waals surface area contributed by atoms with E-state index in [9.17, 15) is 14.4 Å². The van der Waals surface area contributed by atoms with E-state index >= 15 is 0 Å². The summed E-state index contributed by atoms with van der Waals surface area (Å²) in [6, 6.07) is 15.8. The first-order chi connectivity index (χ1) is 13.5. The van der Waals surface area contributed by atoms with Crippen molar-refractivity contribution < 1.29 is 14.4 Å². The highest BCUT2D eigenvalue weighted by Gasteiger charge is 2.42. The summed E-state index contributed by atoms with van der Waals surface area (Å²) in [6.45, 7) is 2.26. The highest BCUT2D eigenvalue weighted by molar-refractivity contribution is 6.04. The number of rotatable bonds is 6. The van der Waals surface area contributed by atoms with Crippen LogP contribution < -0.4 is 21.3 Å². The van der Waals surface area contributed by atoms with Crippen molar-refractivity contribution in [3.05, 3.63) is 71.3 Å². The van der Waals surface area contributed by atoms with Crippen molar-refractivity contribution in [3.8, 4) is 0 Å². The van der Waals surface area contributed by atoms with Gasteiger partial charge >= 0.3 is 0 Å². The van der Waals surface area contributed by atoms with E-state index in [0.29, 0.717) is 12.1 Å². The second kappa shape index (κ2) is 8.33. The van der Waals surface area contributed by atoms with E-state index in [-0.39, 0.29) is 12.3 Å². The molecule has 3 amide bonds. The van der Waals surface area contributed by atoms with Gasteiger partial charge in [-0.1, -0.05) is 61.5 Å². The van der Waals surface area contributed by atoms with Crippen molar-refractivity contribution in [2.45, 2.75) is 31.6 Å². The Hall–Kier alpha value is -3.03. The third kappa shape index (κ3) is 3.67. The maximum absolute atomic E-state index is 13.2. The molecule has 7 nitrogen and oxygen atoms in total. The SMILES string of the molecule is CCC(=O)NC(NC)(C(=O)NC(=O)C1NCc2ccccc21)c1ccccc1. The Morgan fingerprint density at radius 1 is 1.07 bits per heavy atom. The molecule has 2 aromatic rings. The van der Waals surface area contributed by atoms with Crippen LogP contribution in [0.3, 0.4) is 0 Å². The average Bonchev–Trinajstić information content (AvgIpc) is 3.16. The minimum absolute atomic E-state index is 0.203. The van der Waals surface area contributed by atoms with Crippen molar-refractivity contribution in [1.29, 1.82) is 0 Å². The van der Waals surface area contributed by atoms with Crippen molar-refractivity contribution in [1.82, 2.24) is 21.3 Å². The lowest BCUT2D eigenvalue weighted by atomic mass is 9.97. The van der Waals surface area contributed by atoms with Gasteiger partial charge in [-0.2, -0.15) is 0 Å². The van der Waals surface area contributed by atoms with Crippen LogP contribution >= 0.6 is 0 Å². The molecular formula is C21H24N4O3. The summed E-state index contributed by atoms with van der Waals surface area (Å²) < 4.78 is 0. The summed E-state index contributed by atoms with van der Waals surface area (Å²) in [4.78, 5) is 38.2. The molecule has 0 fully saturated rings. The first-order valence-corrected chi connectivity index (χ1v) is 9.23. The van der Waals surface area contributed by atoms with Crippen molar-refractivity contribution in [2.75, 3.05) is 7.05 Å². The molecule has 0 bridgehead atoms. The van der Waals surface area contributed by atoms with E-state index in [1.165, 1.54) is 0 Å². The van der Waals surface area contributed by atoms with Gasteiger partial charge in [0.1, 0.15) is 6.04 Å². The van der Waals surface area contributed by atoms with Gasteiger partial charge in [0.25, 0.3) is 5.91 Å². The van der Waals surface area contributed by atoms with E-state index in [1.54, 1.807) is 38.2 Å². The molecule has 1 aliphatic heterocycles. The number of amides is 3. The molecule has 4 N–H and O–H groups in total. The number of hydrogen-bond donors (Lipinski definition) is 4. The number of nitrogens with one attached hydrogen (secondary N) is 4. The van der Waals surface area contributed by atoms with Gasteiger partial charge in [-0.05, 0) is 18.2 Å². The minimum Gasteiger partial charge on any atom is -0.326 e. The molecular weight excluding hydrogens is 356 g/mol. The van der Waals surface area contributed by atoms with Gasteiger partial charge in [0.2, 0.25) is 11.8 Å². The predicted octanol–water partition coefficient (Wildman–Crippen LogP) is 1.07. The first-order valence-electron chi connectivity index (χ1n) is 9.23. The standard InChI is InChI=1S/C21H24N4O3/c1-3-17(26)25-21(22-2,15-10-5-4-6-11-15)20(28)24-19(27)18-16-12-8-7-9-14(16)13-23-18/h4-12,18,22-23H,3,13H2,1-2H3,(H,25,26)(H,24,27,28). The normalized spacial score (nSPS) is 17.3. The van der Waals surface area contributed by atoms with Crippen molar-refractivity contribution >= 4 is 17.7 Å². The Morgan fingerprint density at radius 2 is 1.75 bits per heavy atom. The number of hydrogen-bond acceptors (Lipinski definition) is 5. The van der Waals surface area contributed by atoms with Crippen LogP contribution in [0.15, 0.2) is 54.6 Å². The molecule has 2 atom stereocenters. The Kier molecular flexibility index (Phi) is 5.87. The first kappa shape index (κ1) is 19.7. The molecule has 0 saturated carbocycles. The number of imide groups is 1. The summed E-state index contributed by atoms with van der Waals surface area (Å²) >= 11 is 0. The number of carbonyl (C=O) groups is 3. The summed E-state index contributed by atoms with van der Waals surface area (Å²) in [5, 5.41) is 11.2. The fourth-order valence-electron chi connectivity index (χ4n) is 3.38. The fraction of sp³-hybridized carbons (Fsp3) is 0.286. The van der Waals surface area contributed by atoms with E-state index in [4.69, 9.17) is 0 Å². The largest absolute Gasteiger partial charge is 0.326 e. The lowest BCUT2D eigenvalue weighted by molar-refractivity contribution is -0.140. The van der Waals surface area contributed by atoms with Gasteiger partial charge in [-0.25, -0.2) is 0 Å². The second-order valence-electron chi connectivity index (χ2n) is 6.60. The summed E-state index contributed by atoms with van der Waals surface area (Å²) in [7, 11) is 1.57. The highest BCUT2D eigenvalue weighted by Crippen LogP contribution is 2.25. The molecule has 146 valence electrons. The highest BCUT2D eigenvalue weighted by atomic mass is 16.2. The van der Waals surface area contributed by atoms with Crippen LogP contribution in [0.1, 0.15) is 36.1 Å². The Bertz CT molecular complexity index is 884. The van der Waals surface area contributed by atoms with Gasteiger partial charge in [0.15, 0.2) is 5.66 Å². The minimum atomic E-state index is -1.55. The maximum atomic E-state index is 13.2. The van der Waals surface area contributed by atoms with Crippen LogP contribution in [0.25, 0.3) is 0 Å². The van der Waals surface area contributed by atoms with Gasteiger partial charge in [0.05, 0.1) is 0 Å². The van der Waals surface area contributed by atoms with Crippen molar-refractivity contribution in [2.24, 2.45) is 0 Å². The van der Waals surface area contributed by atoms with E-state index in [1.807, 2.05) is 30.3 Å². The van der Waals surface area contributed by atoms with Gasteiger partial charge in [-0.3, -0.25) is 30.3 Å². The van der Waals surface area contributed by atoms with E-state index in [2.05, 4.69) is 21.3 Å². The molecule has 0 spiro atoms. The third-order valence-corrected chi connectivity index (χ3v) is 4.93. The van der Waals surface area contributed by atoms with E-state index < -0.39 is 23.5 Å². The lowest BCUT2D eigenvalue weighted by Crippen LogP contribution is -2.64. The van der Waals surface area contributed by atoms with Crippen LogP contribution in [-0.2, 0) is 26.6 Å². The molecule has 28 heavy (non-hydrogen) atoms. The van der Waals surface area contributed by atoms with Crippen LogP contribution in [0.4, 0.5) is 0 Å². The number of likely N-dealkylation sites (N-methyl/N-ethyl adjacent to an activating group) is 1. The molecule has 0 aromatic heterocycles. The lowest BCUT2D eigenvalue weighted by Gasteiger charge is -2.33. The summed E-state index contributed by atoms with van der Waals surface area (Å²) in [5.41, 5.74) is 0.851. The second-order valence-corrected chi connectivity index (χ2v) is 6.60. The predicted molar refractivity (Wildman–Crippen MR) is 105 cm³/mol. The molecule has 1 heterocycles. The van der Waals surface area contributed by atoms with Crippen molar-refractivity contribution in [3.63, 3.8) is 0 Å². The zero-order valence-electron chi connectivity index (χ0n) is 15.9. The summed E-state index contributed by atoms with van der Waals surface area (Å²) in [5.74, 6) is -1.42. The molecule has 3 rings (SSSR count). The van der Waals surface area contributed by atoms with Crippen LogP contribution in [-0.4, -0.2) is 24.8 Å². The molecule has 0 aliphatic carbocycles. The molecule has 0 radical (unpaired) electrons. The van der Waals surface area contributed by atoms with E-state index in [0.717, 1.165) is 11.1 Å². The quantitative estimate of drug-likeness (QED) is 0.562. The van der Waals surface area contributed by atoms with Crippen LogP contribution in [0.5, 0.6) is 0 Å². The average molecular weight is 380 g/mol. The van der Waals surface area contributed by atoms with Crippen LogP contribution in [0.2, 0.25) is 0 Å². The number of fused-ring (bicyclic) bond motifs is 1. The molecule has 7 heteroatoms. The third-order valence-electron chi connectivity index (χ3n) is 4.93. The molecule has 2 unspecified atom stereocenters. The topological polar surface area (TPSA) is 99.3 Å². The Morgan fingerprint density at radius 3 is 2.43 bits per heavy atom. The molecule has 2 aromatic carbocycles. The summed E-state index contributed by atoms with van der Waals surface area (Å²) in [6.07, 6.45) is 0.203. The zero-order chi connectivity index (χ0) is 20.1. The van der Waals surface area contributed by atoms with Gasteiger partial charge in [-0.15, -0.1) is 0 Å². The fourth-order valence-corrected chi connectivity index (χ4v) is 3.38. The zero-order valence-corrected chi connectivity index (χ0v) is 15.9. The number of benzene rings is 2. The molecule has 1 aliphatic rings. The number of carbonyl (C=O) groups excluding carboxylic acids is 3. The van der Waals surface area contributed by atoms with Gasteiger partial charge in [0, 0.05) is 18.5 Å². The van der Waals surface area contributed by atoms with Gasteiger partial charge < -0.3 is 5.32 Å². The monoisotopic (exact) mass is 380 g/mol. The maximum Gasteiger partial charge on any atom is 0.272 e. The Labute approximate surface area is 163 Å².